The van der Waals surface area contributed by atoms with Crippen molar-refractivity contribution in [3.05, 3.63) is 48.5 Å². The van der Waals surface area contributed by atoms with E-state index in [1.54, 1.807) is 19.1 Å². The molecule has 0 heterocycles. The van der Waals surface area contributed by atoms with Gasteiger partial charge in [-0.05, 0) is 55.0 Å². The Balaban J connectivity index is 1.68. The van der Waals surface area contributed by atoms with Crippen LogP contribution in [0.2, 0.25) is 0 Å². The molecule has 0 unspecified atom stereocenters. The van der Waals surface area contributed by atoms with Crippen LogP contribution >= 0.6 is 0 Å². The fraction of sp³-hybridized carbons (Fsp3) is 0.417. The number of benzene rings is 2. The average molecular weight is 412 g/mol. The number of nitrogens with one attached hydrogen (secondary N) is 3. The number of carbonyl (C=O) groups is 2. The molecule has 2 aromatic rings. The molecule has 0 radical (unpaired) electrons. The van der Waals surface area contributed by atoms with Crippen molar-refractivity contribution in [2.24, 2.45) is 0 Å². The number of amides is 2. The highest BCUT2D eigenvalue weighted by molar-refractivity contribution is 5.94. The lowest BCUT2D eigenvalue weighted by Crippen LogP contribution is -2.21. The van der Waals surface area contributed by atoms with Crippen LogP contribution in [0.1, 0.15) is 52.4 Å². The van der Waals surface area contributed by atoms with Crippen LogP contribution in [0.25, 0.3) is 0 Å². The van der Waals surface area contributed by atoms with Crippen LogP contribution in [0.3, 0.4) is 0 Å². The maximum absolute atomic E-state index is 12.2. The van der Waals surface area contributed by atoms with E-state index in [9.17, 15) is 9.59 Å². The molecule has 0 saturated carbocycles. The molecule has 6 nitrogen and oxygen atoms in total. The molecule has 2 amide bonds. The zero-order chi connectivity index (χ0) is 21.6. The van der Waals surface area contributed by atoms with Crippen molar-refractivity contribution < 1.29 is 14.3 Å². The fourth-order valence-electron chi connectivity index (χ4n) is 2.84. The lowest BCUT2D eigenvalue weighted by molar-refractivity contribution is -0.116. The summed E-state index contributed by atoms with van der Waals surface area (Å²) >= 11 is 0. The molecule has 6 heteroatoms. The van der Waals surface area contributed by atoms with Gasteiger partial charge in [-0.15, -0.1) is 0 Å². The summed E-state index contributed by atoms with van der Waals surface area (Å²) in [5.41, 5.74) is 2.28. The molecule has 0 aliphatic carbocycles. The molecule has 2 rings (SSSR count). The first-order valence-electron chi connectivity index (χ1n) is 10.8. The summed E-state index contributed by atoms with van der Waals surface area (Å²) in [5, 5.41) is 8.72. The largest absolute Gasteiger partial charge is 0.494 e. The normalized spacial score (nSPS) is 10.3. The fourth-order valence-corrected chi connectivity index (χ4v) is 2.84. The van der Waals surface area contributed by atoms with Crippen LogP contribution < -0.4 is 20.7 Å². The maximum atomic E-state index is 12.2. The van der Waals surface area contributed by atoms with E-state index >= 15 is 0 Å². The Morgan fingerprint density at radius 1 is 0.733 bits per heavy atom. The first kappa shape index (κ1) is 23.3. The number of carbonyl (C=O) groups excluding carboxylic acids is 2. The Morgan fingerprint density at radius 3 is 1.93 bits per heavy atom. The van der Waals surface area contributed by atoms with Crippen LogP contribution in [0.15, 0.2) is 48.5 Å². The predicted molar refractivity (Wildman–Crippen MR) is 123 cm³/mol. The molecule has 30 heavy (non-hydrogen) atoms. The van der Waals surface area contributed by atoms with E-state index in [1.807, 2.05) is 36.4 Å². The van der Waals surface area contributed by atoms with Gasteiger partial charge in [0.1, 0.15) is 5.75 Å². The zero-order valence-electron chi connectivity index (χ0n) is 18.0. The van der Waals surface area contributed by atoms with Crippen molar-refractivity contribution in [3.63, 3.8) is 0 Å². The molecule has 0 aromatic heterocycles. The Hall–Kier alpha value is -3.02. The van der Waals surface area contributed by atoms with E-state index in [1.165, 1.54) is 25.7 Å². The van der Waals surface area contributed by atoms with Crippen LogP contribution in [0, 0.1) is 0 Å². The van der Waals surface area contributed by atoms with Gasteiger partial charge in [-0.25, -0.2) is 0 Å². The summed E-state index contributed by atoms with van der Waals surface area (Å²) < 4.78 is 5.74. The smallest absolute Gasteiger partial charge is 0.243 e. The van der Waals surface area contributed by atoms with Gasteiger partial charge in [0.05, 0.1) is 13.2 Å². The molecule has 0 saturated heterocycles. The quantitative estimate of drug-likeness (QED) is 0.384. The lowest BCUT2D eigenvalue weighted by Gasteiger charge is -2.10. The van der Waals surface area contributed by atoms with Gasteiger partial charge >= 0.3 is 0 Å². The van der Waals surface area contributed by atoms with Crippen LogP contribution in [0.4, 0.5) is 17.1 Å². The number of anilines is 3. The van der Waals surface area contributed by atoms with Gasteiger partial charge in [0.25, 0.3) is 0 Å². The van der Waals surface area contributed by atoms with Gasteiger partial charge in [0.15, 0.2) is 0 Å². The monoisotopic (exact) mass is 411 g/mol. The second kappa shape index (κ2) is 13.2. The van der Waals surface area contributed by atoms with Crippen LogP contribution in [-0.2, 0) is 9.59 Å². The zero-order valence-corrected chi connectivity index (χ0v) is 18.0. The third kappa shape index (κ3) is 8.99. The Kier molecular flexibility index (Phi) is 10.3. The van der Waals surface area contributed by atoms with Crippen molar-refractivity contribution in [1.82, 2.24) is 0 Å². The number of hydrogen-bond donors (Lipinski definition) is 3. The molecule has 0 aliphatic rings. The summed E-state index contributed by atoms with van der Waals surface area (Å²) in [6.07, 6.45) is 6.49. The molecule has 3 N–H and O–H groups in total. The number of unbranched alkanes of at least 4 members (excludes halogenated alkanes) is 4. The molecule has 0 bridgehead atoms. The van der Waals surface area contributed by atoms with Crippen molar-refractivity contribution in [2.45, 2.75) is 52.4 Å². The van der Waals surface area contributed by atoms with Gasteiger partial charge in [-0.3, -0.25) is 9.59 Å². The number of ether oxygens (including phenoxy) is 1. The third-order valence-corrected chi connectivity index (χ3v) is 4.60. The van der Waals surface area contributed by atoms with Gasteiger partial charge in [0, 0.05) is 23.5 Å². The van der Waals surface area contributed by atoms with Crippen molar-refractivity contribution >= 4 is 28.9 Å². The minimum absolute atomic E-state index is 0.0292. The first-order chi connectivity index (χ1) is 14.6. The second-order valence-corrected chi connectivity index (χ2v) is 7.17. The van der Waals surface area contributed by atoms with Gasteiger partial charge < -0.3 is 20.7 Å². The molecular weight excluding hydrogens is 378 g/mol. The molecule has 0 spiro atoms. The molecule has 0 fully saturated rings. The van der Waals surface area contributed by atoms with Gasteiger partial charge in [-0.1, -0.05) is 39.5 Å². The second-order valence-electron chi connectivity index (χ2n) is 7.17. The predicted octanol–water partition coefficient (Wildman–Crippen LogP) is 5.43. The third-order valence-electron chi connectivity index (χ3n) is 4.60. The average Bonchev–Trinajstić information content (AvgIpc) is 2.76. The van der Waals surface area contributed by atoms with E-state index in [-0.39, 0.29) is 18.4 Å². The molecule has 0 atom stereocenters. The van der Waals surface area contributed by atoms with E-state index in [4.69, 9.17) is 4.74 Å². The van der Waals surface area contributed by atoms with E-state index in [0.717, 1.165) is 35.8 Å². The van der Waals surface area contributed by atoms with Crippen LogP contribution in [-0.4, -0.2) is 25.0 Å². The summed E-state index contributed by atoms with van der Waals surface area (Å²) in [6.45, 7) is 4.89. The molecule has 0 aliphatic heterocycles. The van der Waals surface area contributed by atoms with Gasteiger partial charge in [-0.2, -0.15) is 0 Å². The molecule has 2 aromatic carbocycles. The highest BCUT2D eigenvalue weighted by Gasteiger charge is 2.04. The van der Waals surface area contributed by atoms with Crippen molar-refractivity contribution in [1.29, 1.82) is 0 Å². The maximum Gasteiger partial charge on any atom is 0.243 e. The highest BCUT2D eigenvalue weighted by atomic mass is 16.5. The van der Waals surface area contributed by atoms with E-state index in [0.29, 0.717) is 6.42 Å². The van der Waals surface area contributed by atoms with Crippen molar-refractivity contribution in [3.8, 4) is 5.75 Å². The Morgan fingerprint density at radius 2 is 1.30 bits per heavy atom. The Labute approximate surface area is 179 Å². The summed E-state index contributed by atoms with van der Waals surface area (Å²) in [5.74, 6) is 0.651. The Bertz CT molecular complexity index is 773. The van der Waals surface area contributed by atoms with E-state index in [2.05, 4.69) is 22.9 Å². The molecule has 162 valence electrons. The standard InChI is InChI=1S/C24H33N3O3/c1-3-5-6-7-8-17-30-22-15-13-21(14-16-22)27-24(29)18-25-19-9-11-20(12-10-19)26-23(28)4-2/h9-16,25H,3-8,17-18H2,1-2H3,(H,26,28)(H,27,29). The minimum Gasteiger partial charge on any atom is -0.494 e. The summed E-state index contributed by atoms with van der Waals surface area (Å²) in [4.78, 5) is 23.5. The SMILES string of the molecule is CCCCCCCOc1ccc(NC(=O)CNc2ccc(NC(=O)CC)cc2)cc1. The van der Waals surface area contributed by atoms with E-state index < -0.39 is 0 Å². The first-order valence-corrected chi connectivity index (χ1v) is 10.8. The van der Waals surface area contributed by atoms with Crippen molar-refractivity contribution in [2.75, 3.05) is 29.1 Å². The van der Waals surface area contributed by atoms with Crippen LogP contribution in [0.5, 0.6) is 5.75 Å². The topological polar surface area (TPSA) is 79.5 Å². The summed E-state index contributed by atoms with van der Waals surface area (Å²) in [7, 11) is 0. The minimum atomic E-state index is -0.136. The lowest BCUT2D eigenvalue weighted by atomic mass is 10.2. The number of hydrogen-bond acceptors (Lipinski definition) is 4. The van der Waals surface area contributed by atoms with Gasteiger partial charge in [0.2, 0.25) is 11.8 Å². The summed E-state index contributed by atoms with van der Waals surface area (Å²) in [6, 6.07) is 14.7. The molecular formula is C24H33N3O3. The number of rotatable bonds is 13. The highest BCUT2D eigenvalue weighted by Crippen LogP contribution is 2.17.